The molecule has 0 aliphatic carbocycles. The third-order valence-corrected chi connectivity index (χ3v) is 3.02. The molecule has 1 unspecified atom stereocenters. The molecule has 0 saturated carbocycles. The first-order chi connectivity index (χ1) is 8.66. The number of ether oxygens (including phenoxy) is 2. The van der Waals surface area contributed by atoms with E-state index >= 15 is 0 Å². The van der Waals surface area contributed by atoms with E-state index in [0.717, 1.165) is 24.3 Å². The van der Waals surface area contributed by atoms with Gasteiger partial charge in [-0.3, -0.25) is 0 Å². The molecule has 0 fully saturated rings. The third-order valence-electron chi connectivity index (χ3n) is 3.02. The van der Waals surface area contributed by atoms with E-state index < -0.39 is 6.10 Å². The molecule has 0 saturated heterocycles. The lowest BCUT2D eigenvalue weighted by atomic mass is 10.1. The van der Waals surface area contributed by atoms with Gasteiger partial charge >= 0.3 is 0 Å². The number of fused-ring (bicyclic) bond motifs is 1. The molecule has 1 heterocycles. The van der Waals surface area contributed by atoms with Crippen molar-refractivity contribution in [2.45, 2.75) is 26.4 Å². The molecule has 1 aromatic carbocycles. The molecule has 4 heteroatoms. The number of nitrogens with one attached hydrogen (secondary N) is 1. The van der Waals surface area contributed by atoms with Crippen LogP contribution in [0.25, 0.3) is 0 Å². The summed E-state index contributed by atoms with van der Waals surface area (Å²) in [5.74, 6) is 2.15. The van der Waals surface area contributed by atoms with Crippen LogP contribution in [-0.2, 0) is 0 Å². The Hall–Kier alpha value is -1.26. The summed E-state index contributed by atoms with van der Waals surface area (Å²) in [6, 6.07) is 5.56. The number of aliphatic hydroxyl groups excluding tert-OH is 1. The van der Waals surface area contributed by atoms with Gasteiger partial charge in [0.2, 0.25) is 6.79 Å². The van der Waals surface area contributed by atoms with Gasteiger partial charge in [-0.15, -0.1) is 0 Å². The quantitative estimate of drug-likeness (QED) is 0.760. The Morgan fingerprint density at radius 1 is 1.28 bits per heavy atom. The predicted molar refractivity (Wildman–Crippen MR) is 69.8 cm³/mol. The van der Waals surface area contributed by atoms with Crippen molar-refractivity contribution in [3.05, 3.63) is 23.8 Å². The van der Waals surface area contributed by atoms with Crippen molar-refractivity contribution in [3.8, 4) is 11.5 Å². The van der Waals surface area contributed by atoms with E-state index in [-0.39, 0.29) is 6.79 Å². The highest BCUT2D eigenvalue weighted by Crippen LogP contribution is 2.33. The Balaban J connectivity index is 1.83. The standard InChI is InChI=1S/C14H21NO3/c1-10(2)5-6-15-8-12(16)11-3-4-13-14(7-11)18-9-17-13/h3-4,7,10,12,15-16H,5-6,8-9H2,1-2H3. The van der Waals surface area contributed by atoms with Crippen LogP contribution in [0.2, 0.25) is 0 Å². The largest absolute Gasteiger partial charge is 0.454 e. The van der Waals surface area contributed by atoms with Gasteiger partial charge in [0.1, 0.15) is 0 Å². The number of benzene rings is 1. The molecule has 1 atom stereocenters. The topological polar surface area (TPSA) is 50.7 Å². The molecule has 1 aromatic rings. The average Bonchev–Trinajstić information content (AvgIpc) is 2.81. The molecular weight excluding hydrogens is 230 g/mol. The molecule has 0 bridgehead atoms. The normalized spacial score (nSPS) is 15.1. The van der Waals surface area contributed by atoms with Gasteiger partial charge in [-0.25, -0.2) is 0 Å². The number of hydrogen-bond donors (Lipinski definition) is 2. The van der Waals surface area contributed by atoms with Crippen LogP contribution in [-0.4, -0.2) is 25.0 Å². The maximum Gasteiger partial charge on any atom is 0.231 e. The average molecular weight is 251 g/mol. The Morgan fingerprint density at radius 2 is 2.06 bits per heavy atom. The van der Waals surface area contributed by atoms with Gasteiger partial charge in [-0.2, -0.15) is 0 Å². The smallest absolute Gasteiger partial charge is 0.231 e. The van der Waals surface area contributed by atoms with Crippen LogP contribution < -0.4 is 14.8 Å². The summed E-state index contributed by atoms with van der Waals surface area (Å²) >= 11 is 0. The van der Waals surface area contributed by atoms with Crippen LogP contribution in [0.3, 0.4) is 0 Å². The number of rotatable bonds is 6. The first-order valence-electron chi connectivity index (χ1n) is 6.45. The predicted octanol–water partition coefficient (Wildman–Crippen LogP) is 2.08. The van der Waals surface area contributed by atoms with Gasteiger partial charge in [0, 0.05) is 6.54 Å². The highest BCUT2D eigenvalue weighted by atomic mass is 16.7. The van der Waals surface area contributed by atoms with E-state index in [1.165, 1.54) is 0 Å². The lowest BCUT2D eigenvalue weighted by molar-refractivity contribution is 0.170. The molecule has 0 aromatic heterocycles. The molecule has 1 aliphatic rings. The van der Waals surface area contributed by atoms with Gasteiger partial charge in [-0.05, 0) is 36.6 Å². The van der Waals surface area contributed by atoms with Gasteiger partial charge in [0.25, 0.3) is 0 Å². The Morgan fingerprint density at radius 3 is 2.83 bits per heavy atom. The fraction of sp³-hybridized carbons (Fsp3) is 0.571. The van der Waals surface area contributed by atoms with E-state index in [2.05, 4.69) is 19.2 Å². The van der Waals surface area contributed by atoms with Crippen LogP contribution in [0.15, 0.2) is 18.2 Å². The molecular formula is C14H21NO3. The zero-order valence-corrected chi connectivity index (χ0v) is 11.0. The highest BCUT2D eigenvalue weighted by Gasteiger charge is 2.16. The summed E-state index contributed by atoms with van der Waals surface area (Å²) in [4.78, 5) is 0. The van der Waals surface area contributed by atoms with E-state index in [9.17, 15) is 5.11 Å². The van der Waals surface area contributed by atoms with Crippen molar-refractivity contribution >= 4 is 0 Å². The summed E-state index contributed by atoms with van der Waals surface area (Å²) in [5, 5.41) is 13.3. The Kier molecular flexibility index (Phi) is 4.44. The fourth-order valence-electron chi connectivity index (χ4n) is 1.87. The molecule has 0 radical (unpaired) electrons. The molecule has 0 spiro atoms. The summed E-state index contributed by atoms with van der Waals surface area (Å²) < 4.78 is 10.5. The Labute approximate surface area is 108 Å². The zero-order valence-electron chi connectivity index (χ0n) is 11.0. The van der Waals surface area contributed by atoms with Crippen LogP contribution >= 0.6 is 0 Å². The van der Waals surface area contributed by atoms with Crippen molar-refractivity contribution < 1.29 is 14.6 Å². The van der Waals surface area contributed by atoms with Crippen LogP contribution in [0.4, 0.5) is 0 Å². The summed E-state index contributed by atoms with van der Waals surface area (Å²) in [7, 11) is 0. The highest BCUT2D eigenvalue weighted by molar-refractivity contribution is 5.45. The number of hydrogen-bond acceptors (Lipinski definition) is 4. The fourth-order valence-corrected chi connectivity index (χ4v) is 1.87. The van der Waals surface area contributed by atoms with E-state index in [1.54, 1.807) is 0 Å². The molecule has 4 nitrogen and oxygen atoms in total. The van der Waals surface area contributed by atoms with Crippen molar-refractivity contribution in [2.75, 3.05) is 19.9 Å². The van der Waals surface area contributed by atoms with E-state index in [0.29, 0.717) is 18.2 Å². The minimum absolute atomic E-state index is 0.265. The molecule has 2 rings (SSSR count). The Bertz CT molecular complexity index is 393. The van der Waals surface area contributed by atoms with Crippen LogP contribution in [0.5, 0.6) is 11.5 Å². The minimum atomic E-state index is -0.508. The maximum atomic E-state index is 10.1. The van der Waals surface area contributed by atoms with Gasteiger partial charge in [0.15, 0.2) is 11.5 Å². The van der Waals surface area contributed by atoms with Crippen molar-refractivity contribution in [1.29, 1.82) is 0 Å². The lowest BCUT2D eigenvalue weighted by Gasteiger charge is -2.13. The van der Waals surface area contributed by atoms with Gasteiger partial charge in [0.05, 0.1) is 6.10 Å². The number of aliphatic hydroxyl groups is 1. The van der Waals surface area contributed by atoms with Crippen LogP contribution in [0.1, 0.15) is 31.9 Å². The summed E-state index contributed by atoms with van der Waals surface area (Å²) in [6.45, 7) is 6.14. The first-order valence-corrected chi connectivity index (χ1v) is 6.45. The van der Waals surface area contributed by atoms with Gasteiger partial charge < -0.3 is 19.9 Å². The molecule has 1 aliphatic heterocycles. The molecule has 100 valence electrons. The SMILES string of the molecule is CC(C)CCNCC(O)c1ccc2c(c1)OCO2. The molecule has 0 amide bonds. The monoisotopic (exact) mass is 251 g/mol. The second kappa shape index (κ2) is 6.07. The molecule has 2 N–H and O–H groups in total. The summed E-state index contributed by atoms with van der Waals surface area (Å²) in [6.07, 6.45) is 0.611. The van der Waals surface area contributed by atoms with Crippen molar-refractivity contribution in [1.82, 2.24) is 5.32 Å². The van der Waals surface area contributed by atoms with Crippen molar-refractivity contribution in [3.63, 3.8) is 0 Å². The second-order valence-corrected chi connectivity index (χ2v) is 5.02. The third kappa shape index (κ3) is 3.37. The lowest BCUT2D eigenvalue weighted by Crippen LogP contribution is -2.23. The first kappa shape index (κ1) is 13.2. The van der Waals surface area contributed by atoms with Gasteiger partial charge in [-0.1, -0.05) is 19.9 Å². The van der Waals surface area contributed by atoms with Crippen molar-refractivity contribution in [2.24, 2.45) is 5.92 Å². The maximum absolute atomic E-state index is 10.1. The van der Waals surface area contributed by atoms with E-state index in [4.69, 9.17) is 9.47 Å². The summed E-state index contributed by atoms with van der Waals surface area (Å²) in [5.41, 5.74) is 0.858. The zero-order chi connectivity index (χ0) is 13.0. The molecule has 18 heavy (non-hydrogen) atoms. The minimum Gasteiger partial charge on any atom is -0.454 e. The second-order valence-electron chi connectivity index (χ2n) is 5.02. The van der Waals surface area contributed by atoms with Crippen LogP contribution in [0, 0.1) is 5.92 Å². The van der Waals surface area contributed by atoms with E-state index in [1.807, 2.05) is 18.2 Å².